The van der Waals surface area contributed by atoms with E-state index in [1.807, 2.05) is 17.5 Å². The molecular formula is C13H18N6. The van der Waals surface area contributed by atoms with E-state index in [9.17, 15) is 0 Å². The molecule has 6 heteroatoms. The molecule has 6 nitrogen and oxygen atoms in total. The van der Waals surface area contributed by atoms with Crippen LogP contribution in [0, 0.1) is 24.2 Å². The Hall–Kier alpha value is -2.16. The number of fused-ring (bicyclic) bond motifs is 1. The van der Waals surface area contributed by atoms with Gasteiger partial charge in [-0.05, 0) is 12.8 Å². The standard InChI is InChI=1S/C13H18N6/c1-10(2)9-18(7-4-5-14)12-13-17-16-11(3)19(13)8-6-15-12/h6,8,10H,4,7,9H2,1-3H3. The van der Waals surface area contributed by atoms with Crippen molar-refractivity contribution in [1.82, 2.24) is 19.6 Å². The van der Waals surface area contributed by atoms with Gasteiger partial charge in [0.05, 0.1) is 12.5 Å². The number of anilines is 1. The zero-order chi connectivity index (χ0) is 13.8. The predicted molar refractivity (Wildman–Crippen MR) is 72.8 cm³/mol. The number of rotatable bonds is 5. The van der Waals surface area contributed by atoms with Crippen LogP contribution in [0.4, 0.5) is 5.82 Å². The highest BCUT2D eigenvalue weighted by Gasteiger charge is 2.15. The Morgan fingerprint density at radius 2 is 2.21 bits per heavy atom. The topological polar surface area (TPSA) is 70.1 Å². The molecule has 0 saturated heterocycles. The van der Waals surface area contributed by atoms with Gasteiger partial charge >= 0.3 is 0 Å². The predicted octanol–water partition coefficient (Wildman–Crippen LogP) is 1.81. The molecule has 2 aromatic heterocycles. The zero-order valence-electron chi connectivity index (χ0n) is 11.5. The number of hydrogen-bond acceptors (Lipinski definition) is 5. The minimum atomic E-state index is 0.475. The lowest BCUT2D eigenvalue weighted by molar-refractivity contribution is 0.608. The average molecular weight is 258 g/mol. The lowest BCUT2D eigenvalue weighted by Gasteiger charge is -2.24. The molecule has 0 spiro atoms. The lowest BCUT2D eigenvalue weighted by Crippen LogP contribution is -2.30. The van der Waals surface area contributed by atoms with Crippen LogP contribution in [0.3, 0.4) is 0 Å². The van der Waals surface area contributed by atoms with Crippen LogP contribution in [-0.2, 0) is 0 Å². The van der Waals surface area contributed by atoms with Crippen molar-refractivity contribution >= 4 is 11.5 Å². The molecule has 2 heterocycles. The summed E-state index contributed by atoms with van der Waals surface area (Å²) in [7, 11) is 0. The highest BCUT2D eigenvalue weighted by molar-refractivity contribution is 5.63. The first-order chi connectivity index (χ1) is 9.13. The first-order valence-electron chi connectivity index (χ1n) is 6.41. The van der Waals surface area contributed by atoms with Crippen LogP contribution < -0.4 is 4.90 Å². The minimum absolute atomic E-state index is 0.475. The van der Waals surface area contributed by atoms with Crippen molar-refractivity contribution in [2.75, 3.05) is 18.0 Å². The Bertz CT molecular complexity index is 595. The van der Waals surface area contributed by atoms with E-state index in [0.29, 0.717) is 18.9 Å². The van der Waals surface area contributed by atoms with Crippen molar-refractivity contribution in [2.45, 2.75) is 27.2 Å². The van der Waals surface area contributed by atoms with Gasteiger partial charge in [0, 0.05) is 25.5 Å². The summed E-state index contributed by atoms with van der Waals surface area (Å²) in [5.74, 6) is 2.13. The molecule has 2 aromatic rings. The SMILES string of the molecule is Cc1nnc2c(N(CCC#N)CC(C)C)nccn12. The molecule has 0 bridgehead atoms. The Kier molecular flexibility index (Phi) is 3.95. The van der Waals surface area contributed by atoms with Crippen molar-refractivity contribution in [2.24, 2.45) is 5.92 Å². The lowest BCUT2D eigenvalue weighted by atomic mass is 10.2. The molecule has 0 fully saturated rings. The van der Waals surface area contributed by atoms with Crippen LogP contribution in [0.15, 0.2) is 12.4 Å². The van der Waals surface area contributed by atoms with Crippen LogP contribution in [0.25, 0.3) is 5.65 Å². The van der Waals surface area contributed by atoms with E-state index in [4.69, 9.17) is 5.26 Å². The van der Waals surface area contributed by atoms with Gasteiger partial charge in [0.15, 0.2) is 5.82 Å². The summed E-state index contributed by atoms with van der Waals surface area (Å²) in [5.41, 5.74) is 0.749. The van der Waals surface area contributed by atoms with Crippen molar-refractivity contribution in [3.8, 4) is 6.07 Å². The first kappa shape index (κ1) is 13.3. The van der Waals surface area contributed by atoms with Gasteiger partial charge in [0.25, 0.3) is 0 Å². The van der Waals surface area contributed by atoms with E-state index in [2.05, 4.69) is 40.0 Å². The molecule has 0 N–H and O–H groups in total. The molecule has 19 heavy (non-hydrogen) atoms. The van der Waals surface area contributed by atoms with E-state index in [0.717, 1.165) is 23.8 Å². The summed E-state index contributed by atoms with van der Waals surface area (Å²) in [6.45, 7) is 7.71. The fraction of sp³-hybridized carbons (Fsp3) is 0.538. The summed E-state index contributed by atoms with van der Waals surface area (Å²) < 4.78 is 1.92. The Morgan fingerprint density at radius 3 is 2.89 bits per heavy atom. The third-order valence-corrected chi connectivity index (χ3v) is 2.86. The Labute approximate surface area is 112 Å². The summed E-state index contributed by atoms with van der Waals surface area (Å²) in [5, 5.41) is 17.0. The van der Waals surface area contributed by atoms with Crippen molar-refractivity contribution in [1.29, 1.82) is 5.26 Å². The average Bonchev–Trinajstić information content (AvgIpc) is 2.76. The maximum absolute atomic E-state index is 8.78. The molecule has 0 atom stereocenters. The number of hydrogen-bond donors (Lipinski definition) is 0. The van der Waals surface area contributed by atoms with Gasteiger partial charge < -0.3 is 4.90 Å². The zero-order valence-corrected chi connectivity index (χ0v) is 11.5. The van der Waals surface area contributed by atoms with Gasteiger partial charge in [0.2, 0.25) is 5.65 Å². The fourth-order valence-electron chi connectivity index (χ4n) is 2.06. The van der Waals surface area contributed by atoms with Crippen LogP contribution >= 0.6 is 0 Å². The van der Waals surface area contributed by atoms with E-state index < -0.39 is 0 Å². The largest absolute Gasteiger partial charge is 0.352 e. The van der Waals surface area contributed by atoms with Gasteiger partial charge in [0.1, 0.15) is 5.82 Å². The van der Waals surface area contributed by atoms with Crippen LogP contribution in [0.2, 0.25) is 0 Å². The normalized spacial score (nSPS) is 10.9. The van der Waals surface area contributed by atoms with E-state index in [1.165, 1.54) is 0 Å². The molecule has 2 rings (SSSR count). The van der Waals surface area contributed by atoms with Crippen molar-refractivity contribution in [3.63, 3.8) is 0 Å². The molecule has 0 aliphatic rings. The van der Waals surface area contributed by atoms with Gasteiger partial charge in [-0.3, -0.25) is 4.40 Å². The second-order valence-electron chi connectivity index (χ2n) is 4.94. The summed E-state index contributed by atoms with van der Waals surface area (Å²) in [6.07, 6.45) is 4.08. The minimum Gasteiger partial charge on any atom is -0.352 e. The maximum atomic E-state index is 8.78. The third-order valence-electron chi connectivity index (χ3n) is 2.86. The molecule has 0 aromatic carbocycles. The van der Waals surface area contributed by atoms with Crippen LogP contribution in [0.5, 0.6) is 0 Å². The summed E-state index contributed by atoms with van der Waals surface area (Å²) >= 11 is 0. The quantitative estimate of drug-likeness (QED) is 0.818. The van der Waals surface area contributed by atoms with Crippen molar-refractivity contribution < 1.29 is 0 Å². The fourth-order valence-corrected chi connectivity index (χ4v) is 2.06. The Morgan fingerprint density at radius 1 is 1.42 bits per heavy atom. The monoisotopic (exact) mass is 258 g/mol. The molecule has 100 valence electrons. The highest BCUT2D eigenvalue weighted by atomic mass is 15.3. The molecule has 0 radical (unpaired) electrons. The number of nitriles is 1. The molecular weight excluding hydrogens is 240 g/mol. The first-order valence-corrected chi connectivity index (χ1v) is 6.41. The van der Waals surface area contributed by atoms with Crippen LogP contribution in [-0.4, -0.2) is 32.7 Å². The van der Waals surface area contributed by atoms with Gasteiger partial charge in [-0.1, -0.05) is 13.8 Å². The number of aryl methyl sites for hydroxylation is 1. The van der Waals surface area contributed by atoms with E-state index >= 15 is 0 Å². The second-order valence-corrected chi connectivity index (χ2v) is 4.94. The van der Waals surface area contributed by atoms with Crippen LogP contribution in [0.1, 0.15) is 26.1 Å². The summed E-state index contributed by atoms with van der Waals surface area (Å²) in [6, 6.07) is 2.18. The maximum Gasteiger partial charge on any atom is 0.203 e. The molecule has 0 unspecified atom stereocenters. The third kappa shape index (κ3) is 2.81. The Balaban J connectivity index is 2.40. The number of nitrogens with zero attached hydrogens (tertiary/aromatic N) is 6. The highest BCUT2D eigenvalue weighted by Crippen LogP contribution is 2.18. The van der Waals surface area contributed by atoms with E-state index in [1.54, 1.807) is 6.20 Å². The van der Waals surface area contributed by atoms with Gasteiger partial charge in [-0.15, -0.1) is 10.2 Å². The van der Waals surface area contributed by atoms with Gasteiger partial charge in [-0.2, -0.15) is 5.26 Å². The number of aromatic nitrogens is 4. The summed E-state index contributed by atoms with van der Waals surface area (Å²) in [4.78, 5) is 6.53. The molecule has 0 aliphatic carbocycles. The smallest absolute Gasteiger partial charge is 0.203 e. The van der Waals surface area contributed by atoms with Crippen molar-refractivity contribution in [3.05, 3.63) is 18.2 Å². The molecule has 0 saturated carbocycles. The van der Waals surface area contributed by atoms with E-state index in [-0.39, 0.29) is 0 Å². The second kappa shape index (κ2) is 5.65. The van der Waals surface area contributed by atoms with Gasteiger partial charge in [-0.25, -0.2) is 4.98 Å². The molecule has 0 amide bonds. The molecule has 0 aliphatic heterocycles.